The maximum atomic E-state index is 11.2. The van der Waals surface area contributed by atoms with Gasteiger partial charge in [-0.25, -0.2) is 0 Å². The molecule has 2 aromatic rings. The molecule has 2 aromatic carbocycles. The Hall–Kier alpha value is -2.39. The number of carbonyl (C=O) groups is 1. The van der Waals surface area contributed by atoms with Crippen molar-refractivity contribution in [2.24, 2.45) is 0 Å². The van der Waals surface area contributed by atoms with E-state index in [1.54, 1.807) is 6.08 Å². The van der Waals surface area contributed by atoms with Crippen molar-refractivity contribution >= 4 is 12.0 Å². The fourth-order valence-electron chi connectivity index (χ4n) is 1.83. The zero-order valence-electron chi connectivity index (χ0n) is 11.1. The molecule has 3 heteroatoms. The maximum Gasteiger partial charge on any atom is 0.324 e. The second kappa shape index (κ2) is 7.26. The lowest BCUT2D eigenvalue weighted by Crippen LogP contribution is -2.34. The first-order chi connectivity index (χ1) is 9.75. The molecule has 20 heavy (non-hydrogen) atoms. The van der Waals surface area contributed by atoms with Gasteiger partial charge in [0.2, 0.25) is 0 Å². The summed E-state index contributed by atoms with van der Waals surface area (Å²) in [6.45, 7) is 0.525. The van der Waals surface area contributed by atoms with Crippen molar-refractivity contribution in [2.75, 3.05) is 0 Å². The summed E-state index contributed by atoms with van der Waals surface area (Å²) in [7, 11) is 0. The van der Waals surface area contributed by atoms with Gasteiger partial charge in [0.1, 0.15) is 6.04 Å². The highest BCUT2D eigenvalue weighted by molar-refractivity contribution is 5.77. The second-order valence-corrected chi connectivity index (χ2v) is 4.45. The van der Waals surface area contributed by atoms with Gasteiger partial charge in [-0.05, 0) is 11.1 Å². The third kappa shape index (κ3) is 4.37. The van der Waals surface area contributed by atoms with Crippen molar-refractivity contribution in [3.8, 4) is 0 Å². The van der Waals surface area contributed by atoms with Crippen LogP contribution < -0.4 is 5.32 Å². The van der Waals surface area contributed by atoms with Crippen LogP contribution in [0.1, 0.15) is 11.1 Å². The lowest BCUT2D eigenvalue weighted by atomic mass is 10.1. The third-order valence-electron chi connectivity index (χ3n) is 2.92. The molecule has 0 aliphatic carbocycles. The highest BCUT2D eigenvalue weighted by atomic mass is 16.4. The predicted octanol–water partition coefficient (Wildman–Crippen LogP) is 2.94. The molecular weight excluding hydrogens is 250 g/mol. The Balaban J connectivity index is 1.97. The van der Waals surface area contributed by atoms with Crippen molar-refractivity contribution in [1.29, 1.82) is 0 Å². The Kier molecular flexibility index (Phi) is 5.09. The summed E-state index contributed by atoms with van der Waals surface area (Å²) >= 11 is 0. The molecule has 0 heterocycles. The molecule has 1 atom stereocenters. The van der Waals surface area contributed by atoms with Gasteiger partial charge in [-0.15, -0.1) is 0 Å². The molecule has 3 nitrogen and oxygen atoms in total. The van der Waals surface area contributed by atoms with Crippen molar-refractivity contribution in [3.63, 3.8) is 0 Å². The summed E-state index contributed by atoms with van der Waals surface area (Å²) in [5, 5.41) is 12.2. The van der Waals surface area contributed by atoms with Gasteiger partial charge in [-0.3, -0.25) is 10.1 Å². The lowest BCUT2D eigenvalue weighted by Gasteiger charge is -2.10. The standard InChI is InChI=1S/C17H17NO2/c19-17(20)16(12-11-14-7-3-1-4-8-14)18-13-15-9-5-2-6-10-15/h1-12,16,18H,13H2,(H,19,20)/b12-11+/t16-/m0/s1. The van der Waals surface area contributed by atoms with Gasteiger partial charge in [-0.2, -0.15) is 0 Å². The summed E-state index contributed by atoms with van der Waals surface area (Å²) < 4.78 is 0. The lowest BCUT2D eigenvalue weighted by molar-refractivity contribution is -0.138. The number of hydrogen-bond donors (Lipinski definition) is 2. The van der Waals surface area contributed by atoms with E-state index in [2.05, 4.69) is 5.32 Å². The molecule has 0 fully saturated rings. The Morgan fingerprint density at radius 2 is 1.65 bits per heavy atom. The van der Waals surface area contributed by atoms with E-state index < -0.39 is 12.0 Å². The van der Waals surface area contributed by atoms with Crippen LogP contribution >= 0.6 is 0 Å². The predicted molar refractivity (Wildman–Crippen MR) is 80.2 cm³/mol. The number of carboxylic acids is 1. The average molecular weight is 267 g/mol. The van der Waals surface area contributed by atoms with Gasteiger partial charge in [0.25, 0.3) is 0 Å². The molecule has 0 aromatic heterocycles. The maximum absolute atomic E-state index is 11.2. The zero-order valence-corrected chi connectivity index (χ0v) is 11.1. The van der Waals surface area contributed by atoms with E-state index in [0.29, 0.717) is 6.54 Å². The number of benzene rings is 2. The minimum absolute atomic E-state index is 0.525. The fraction of sp³-hybridized carbons (Fsp3) is 0.118. The van der Waals surface area contributed by atoms with Crippen LogP contribution in [0.2, 0.25) is 0 Å². The van der Waals surface area contributed by atoms with Gasteiger partial charge in [-0.1, -0.05) is 72.8 Å². The molecule has 2 N–H and O–H groups in total. The van der Waals surface area contributed by atoms with E-state index in [1.807, 2.05) is 66.7 Å². The highest BCUT2D eigenvalue weighted by Crippen LogP contribution is 2.04. The molecule has 0 unspecified atom stereocenters. The van der Waals surface area contributed by atoms with E-state index in [0.717, 1.165) is 11.1 Å². The molecule has 0 aliphatic rings. The van der Waals surface area contributed by atoms with Crippen molar-refractivity contribution in [3.05, 3.63) is 77.9 Å². The van der Waals surface area contributed by atoms with Crippen LogP contribution in [0.4, 0.5) is 0 Å². The molecule has 0 saturated carbocycles. The highest BCUT2D eigenvalue weighted by Gasteiger charge is 2.12. The average Bonchev–Trinajstić information content (AvgIpc) is 2.49. The number of nitrogens with one attached hydrogen (secondary N) is 1. The van der Waals surface area contributed by atoms with Crippen LogP contribution in [-0.2, 0) is 11.3 Å². The summed E-state index contributed by atoms with van der Waals surface area (Å²) in [5.74, 6) is -0.881. The molecule has 2 rings (SSSR count). The van der Waals surface area contributed by atoms with Crippen molar-refractivity contribution < 1.29 is 9.90 Å². The molecule has 0 aliphatic heterocycles. The fourth-order valence-corrected chi connectivity index (χ4v) is 1.83. The van der Waals surface area contributed by atoms with E-state index >= 15 is 0 Å². The Morgan fingerprint density at radius 1 is 1.05 bits per heavy atom. The monoisotopic (exact) mass is 267 g/mol. The smallest absolute Gasteiger partial charge is 0.324 e. The van der Waals surface area contributed by atoms with E-state index in [4.69, 9.17) is 0 Å². The summed E-state index contributed by atoms with van der Waals surface area (Å²) in [6, 6.07) is 18.7. The van der Waals surface area contributed by atoms with E-state index in [-0.39, 0.29) is 0 Å². The summed E-state index contributed by atoms with van der Waals surface area (Å²) in [5.41, 5.74) is 2.05. The van der Waals surface area contributed by atoms with Crippen LogP contribution in [-0.4, -0.2) is 17.1 Å². The number of aliphatic carboxylic acids is 1. The van der Waals surface area contributed by atoms with Gasteiger partial charge in [0, 0.05) is 6.54 Å². The molecule has 0 saturated heterocycles. The molecule has 0 spiro atoms. The Labute approximate surface area is 118 Å². The van der Waals surface area contributed by atoms with Crippen LogP contribution in [0.25, 0.3) is 6.08 Å². The number of hydrogen-bond acceptors (Lipinski definition) is 2. The minimum atomic E-state index is -0.881. The van der Waals surface area contributed by atoms with Crippen LogP contribution in [0.3, 0.4) is 0 Å². The van der Waals surface area contributed by atoms with Gasteiger partial charge < -0.3 is 5.11 Å². The first-order valence-electron chi connectivity index (χ1n) is 6.49. The normalized spacial score (nSPS) is 12.4. The van der Waals surface area contributed by atoms with Gasteiger partial charge in [0.05, 0.1) is 0 Å². The SMILES string of the molecule is O=C(O)[C@H](/C=C/c1ccccc1)NCc1ccccc1. The molecule has 102 valence electrons. The van der Waals surface area contributed by atoms with Crippen LogP contribution in [0.15, 0.2) is 66.7 Å². The first kappa shape index (κ1) is 14.0. The third-order valence-corrected chi connectivity index (χ3v) is 2.92. The Bertz CT molecular complexity index is 564. The summed E-state index contributed by atoms with van der Waals surface area (Å²) in [4.78, 5) is 11.2. The molecule has 0 radical (unpaired) electrons. The van der Waals surface area contributed by atoms with Crippen molar-refractivity contribution in [2.45, 2.75) is 12.6 Å². The zero-order chi connectivity index (χ0) is 14.2. The quantitative estimate of drug-likeness (QED) is 0.846. The summed E-state index contributed by atoms with van der Waals surface area (Å²) in [6.07, 6.45) is 3.48. The van der Waals surface area contributed by atoms with Crippen LogP contribution in [0.5, 0.6) is 0 Å². The van der Waals surface area contributed by atoms with E-state index in [1.165, 1.54) is 0 Å². The molecule has 0 amide bonds. The van der Waals surface area contributed by atoms with E-state index in [9.17, 15) is 9.90 Å². The minimum Gasteiger partial charge on any atom is -0.480 e. The molecular formula is C17H17NO2. The molecule has 0 bridgehead atoms. The number of rotatable bonds is 6. The first-order valence-corrected chi connectivity index (χ1v) is 6.49. The largest absolute Gasteiger partial charge is 0.480 e. The van der Waals surface area contributed by atoms with Crippen molar-refractivity contribution in [1.82, 2.24) is 5.32 Å². The number of carboxylic acid groups (broad SMARTS) is 1. The second-order valence-electron chi connectivity index (χ2n) is 4.45. The topological polar surface area (TPSA) is 49.3 Å². The van der Waals surface area contributed by atoms with Crippen LogP contribution in [0, 0.1) is 0 Å². The van der Waals surface area contributed by atoms with Gasteiger partial charge in [0.15, 0.2) is 0 Å². The van der Waals surface area contributed by atoms with Gasteiger partial charge >= 0.3 is 5.97 Å². The Morgan fingerprint density at radius 3 is 2.25 bits per heavy atom.